The molecule has 0 bridgehead atoms. The smallest absolute Gasteiger partial charge is 0.166 e. The van der Waals surface area contributed by atoms with E-state index in [0.717, 1.165) is 34.4 Å². The van der Waals surface area contributed by atoms with Crippen LogP contribution in [0.3, 0.4) is 0 Å². The highest BCUT2D eigenvalue weighted by atomic mass is 19.1. The molecule has 3 heteroatoms. The Kier molecular flexibility index (Phi) is 4.43. The van der Waals surface area contributed by atoms with Crippen LogP contribution < -0.4 is 0 Å². The maximum Gasteiger partial charge on any atom is 0.166 e. The van der Waals surface area contributed by atoms with Gasteiger partial charge >= 0.3 is 0 Å². The van der Waals surface area contributed by atoms with Crippen LogP contribution in [-0.4, -0.2) is 10.9 Å². The third-order valence-corrected chi connectivity index (χ3v) is 4.68. The van der Waals surface area contributed by atoms with Gasteiger partial charge in [-0.15, -0.1) is 0 Å². The molecule has 4 rings (SSSR count). The number of hydrogen-bond donors (Lipinski definition) is 0. The maximum absolute atomic E-state index is 13.3. The second-order valence-corrected chi connectivity index (χ2v) is 6.52. The average molecular weight is 355 g/mol. The van der Waals surface area contributed by atoms with E-state index in [1.807, 2.05) is 22.8 Å². The molecule has 0 fully saturated rings. The van der Waals surface area contributed by atoms with Crippen molar-refractivity contribution in [3.05, 3.63) is 102 Å². The van der Waals surface area contributed by atoms with E-state index in [1.54, 1.807) is 18.2 Å². The van der Waals surface area contributed by atoms with Crippen molar-refractivity contribution in [3.8, 4) is 28.1 Å². The summed E-state index contributed by atoms with van der Waals surface area (Å²) in [5, 5.41) is 0. The Morgan fingerprint density at radius 3 is 1.85 bits per heavy atom. The van der Waals surface area contributed by atoms with Gasteiger partial charge in [-0.05, 0) is 60.0 Å². The number of nitrogens with zero attached hydrogens (tertiary/aromatic N) is 1. The molecule has 0 atom stereocenters. The molecule has 1 aromatic heterocycles. The zero-order valence-electron chi connectivity index (χ0n) is 14.9. The summed E-state index contributed by atoms with van der Waals surface area (Å²) < 4.78 is 15.1. The molecule has 0 spiro atoms. The molecule has 2 nitrogen and oxygen atoms in total. The molecular weight excluding hydrogens is 337 g/mol. The monoisotopic (exact) mass is 355 g/mol. The highest BCUT2D eigenvalue weighted by Crippen LogP contribution is 2.29. The first-order valence-corrected chi connectivity index (χ1v) is 8.76. The molecule has 0 aliphatic carbocycles. The van der Waals surface area contributed by atoms with Crippen LogP contribution in [0.5, 0.6) is 0 Å². The van der Waals surface area contributed by atoms with Crippen LogP contribution in [0.1, 0.15) is 16.1 Å². The maximum atomic E-state index is 13.3. The largest absolute Gasteiger partial charge is 0.307 e. The summed E-state index contributed by atoms with van der Waals surface area (Å²) in [7, 11) is 0. The Morgan fingerprint density at radius 1 is 0.704 bits per heavy atom. The molecule has 27 heavy (non-hydrogen) atoms. The van der Waals surface area contributed by atoms with E-state index in [1.165, 1.54) is 17.7 Å². The summed E-state index contributed by atoms with van der Waals surface area (Å²) in [6.07, 6.45) is 0.813. The van der Waals surface area contributed by atoms with Crippen LogP contribution in [0.2, 0.25) is 0 Å². The zero-order valence-corrected chi connectivity index (χ0v) is 14.9. The fourth-order valence-corrected chi connectivity index (χ4v) is 3.23. The van der Waals surface area contributed by atoms with E-state index in [4.69, 9.17) is 0 Å². The number of carbonyl (C=O) groups is 1. The predicted molar refractivity (Wildman–Crippen MR) is 107 cm³/mol. The molecule has 4 aromatic rings. The second-order valence-electron chi connectivity index (χ2n) is 6.52. The molecule has 0 radical (unpaired) electrons. The van der Waals surface area contributed by atoms with Gasteiger partial charge in [0, 0.05) is 5.69 Å². The Hall–Kier alpha value is -3.46. The van der Waals surface area contributed by atoms with Gasteiger partial charge < -0.3 is 4.57 Å². The minimum atomic E-state index is -0.303. The number of carbonyl (C=O) groups excluding carboxylic acids is 1. The minimum absolute atomic E-state index is 0.303. The third-order valence-electron chi connectivity index (χ3n) is 4.68. The number of aromatic nitrogens is 1. The van der Waals surface area contributed by atoms with E-state index in [0.29, 0.717) is 5.69 Å². The van der Waals surface area contributed by atoms with Crippen LogP contribution in [0, 0.1) is 12.7 Å². The molecule has 0 aliphatic heterocycles. The normalized spacial score (nSPS) is 10.7. The summed E-state index contributed by atoms with van der Waals surface area (Å²) in [5.74, 6) is -0.303. The quantitative estimate of drug-likeness (QED) is 0.407. The highest BCUT2D eigenvalue weighted by molar-refractivity contribution is 5.79. The Morgan fingerprint density at radius 2 is 1.26 bits per heavy atom. The van der Waals surface area contributed by atoms with Gasteiger partial charge in [0.15, 0.2) is 6.29 Å². The molecule has 0 N–H and O–H groups in total. The van der Waals surface area contributed by atoms with E-state index < -0.39 is 0 Å². The zero-order chi connectivity index (χ0) is 18.8. The first kappa shape index (κ1) is 17.0. The summed E-state index contributed by atoms with van der Waals surface area (Å²) in [6, 6.07) is 26.5. The van der Waals surface area contributed by atoms with Crippen molar-refractivity contribution in [1.82, 2.24) is 4.57 Å². The molecule has 0 unspecified atom stereocenters. The lowest BCUT2D eigenvalue weighted by Gasteiger charge is -2.12. The van der Waals surface area contributed by atoms with Gasteiger partial charge in [-0.3, -0.25) is 4.79 Å². The molecule has 0 saturated carbocycles. The number of aryl methyl sites for hydroxylation is 1. The summed E-state index contributed by atoms with van der Waals surface area (Å²) >= 11 is 0. The molecule has 0 aliphatic rings. The molecule has 132 valence electrons. The SMILES string of the molecule is Cc1ccc(-c2ccc(-c3ccc(C=O)n3-c3ccc(F)cc3)cc2)cc1. The van der Waals surface area contributed by atoms with E-state index >= 15 is 0 Å². The lowest BCUT2D eigenvalue weighted by Crippen LogP contribution is -2.01. The van der Waals surface area contributed by atoms with Gasteiger partial charge in [0.1, 0.15) is 5.82 Å². The van der Waals surface area contributed by atoms with Crippen molar-refractivity contribution in [1.29, 1.82) is 0 Å². The van der Waals surface area contributed by atoms with Crippen molar-refractivity contribution in [2.45, 2.75) is 6.92 Å². The summed E-state index contributed by atoms with van der Waals surface area (Å²) in [4.78, 5) is 11.5. The van der Waals surface area contributed by atoms with Gasteiger partial charge in [-0.2, -0.15) is 0 Å². The number of benzene rings is 3. The van der Waals surface area contributed by atoms with E-state index in [-0.39, 0.29) is 5.82 Å². The van der Waals surface area contributed by atoms with Gasteiger partial charge in [-0.1, -0.05) is 54.1 Å². The van der Waals surface area contributed by atoms with Crippen molar-refractivity contribution in [3.63, 3.8) is 0 Å². The van der Waals surface area contributed by atoms with Crippen LogP contribution >= 0.6 is 0 Å². The Balaban J connectivity index is 1.75. The number of aldehydes is 1. The molecular formula is C24H18FNO. The van der Waals surface area contributed by atoms with Crippen molar-refractivity contribution in [2.24, 2.45) is 0 Å². The molecule has 0 saturated heterocycles. The van der Waals surface area contributed by atoms with Crippen LogP contribution in [0.15, 0.2) is 84.9 Å². The predicted octanol–water partition coefficient (Wildman–Crippen LogP) is 6.07. The number of halogens is 1. The first-order chi connectivity index (χ1) is 13.2. The van der Waals surface area contributed by atoms with E-state index in [2.05, 4.69) is 43.3 Å². The van der Waals surface area contributed by atoms with Gasteiger partial charge in [0.05, 0.1) is 11.4 Å². The van der Waals surface area contributed by atoms with Gasteiger partial charge in [-0.25, -0.2) is 4.39 Å². The summed E-state index contributed by atoms with van der Waals surface area (Å²) in [6.45, 7) is 2.07. The second kappa shape index (κ2) is 7.04. The molecule has 0 amide bonds. The summed E-state index contributed by atoms with van der Waals surface area (Å²) in [5.41, 5.74) is 6.68. The Labute approximate surface area is 157 Å². The minimum Gasteiger partial charge on any atom is -0.307 e. The molecule has 1 heterocycles. The van der Waals surface area contributed by atoms with Crippen molar-refractivity contribution >= 4 is 6.29 Å². The highest BCUT2D eigenvalue weighted by Gasteiger charge is 2.12. The van der Waals surface area contributed by atoms with Crippen molar-refractivity contribution < 1.29 is 9.18 Å². The van der Waals surface area contributed by atoms with Crippen LogP contribution in [-0.2, 0) is 0 Å². The first-order valence-electron chi connectivity index (χ1n) is 8.76. The Bertz CT molecular complexity index is 1070. The third kappa shape index (κ3) is 3.32. The number of hydrogen-bond acceptors (Lipinski definition) is 1. The molecule has 3 aromatic carbocycles. The lowest BCUT2D eigenvalue weighted by molar-refractivity contribution is 0.111. The average Bonchev–Trinajstić information content (AvgIpc) is 3.13. The topological polar surface area (TPSA) is 22.0 Å². The fraction of sp³-hybridized carbons (Fsp3) is 0.0417. The van der Waals surface area contributed by atoms with Gasteiger partial charge in [0.2, 0.25) is 0 Å². The van der Waals surface area contributed by atoms with E-state index in [9.17, 15) is 9.18 Å². The van der Waals surface area contributed by atoms with Crippen LogP contribution in [0.25, 0.3) is 28.1 Å². The lowest BCUT2D eigenvalue weighted by atomic mass is 10.0. The fourth-order valence-electron chi connectivity index (χ4n) is 3.23. The van der Waals surface area contributed by atoms with Crippen molar-refractivity contribution in [2.75, 3.05) is 0 Å². The van der Waals surface area contributed by atoms with Crippen LogP contribution in [0.4, 0.5) is 4.39 Å². The number of rotatable bonds is 4. The standard InChI is InChI=1S/C24H18FNO/c1-17-2-4-18(5-3-17)19-6-8-20(9-7-19)24-15-14-23(16-27)26(24)22-12-10-21(25)11-13-22/h2-16H,1H3. The van der Waals surface area contributed by atoms with Gasteiger partial charge in [0.25, 0.3) is 0 Å².